The van der Waals surface area contributed by atoms with Crippen molar-refractivity contribution in [3.63, 3.8) is 0 Å². The molecule has 4 heteroatoms. The van der Waals surface area contributed by atoms with E-state index >= 15 is 0 Å². The Morgan fingerprint density at radius 2 is 2.09 bits per heavy atom. The summed E-state index contributed by atoms with van der Waals surface area (Å²) in [7, 11) is 0. The van der Waals surface area contributed by atoms with Crippen molar-refractivity contribution in [2.75, 3.05) is 11.9 Å². The van der Waals surface area contributed by atoms with Gasteiger partial charge in [-0.05, 0) is 68.4 Å². The second kappa shape index (κ2) is 5.90. The van der Waals surface area contributed by atoms with Gasteiger partial charge in [-0.15, -0.1) is 0 Å². The predicted molar refractivity (Wildman–Crippen MR) is 86.5 cm³/mol. The number of nitrogens with zero attached hydrogens (tertiary/aromatic N) is 2. The summed E-state index contributed by atoms with van der Waals surface area (Å²) in [4.78, 5) is 18.6. The first-order valence-electron chi connectivity index (χ1n) is 8.77. The van der Waals surface area contributed by atoms with E-state index in [4.69, 9.17) is 0 Å². The van der Waals surface area contributed by atoms with Gasteiger partial charge in [-0.1, -0.05) is 6.42 Å². The fourth-order valence-electron chi connectivity index (χ4n) is 4.99. The molecule has 3 fully saturated rings. The van der Waals surface area contributed by atoms with Crippen LogP contribution >= 0.6 is 0 Å². The van der Waals surface area contributed by atoms with Gasteiger partial charge >= 0.3 is 6.03 Å². The Balaban J connectivity index is 1.37. The second-order valence-corrected chi connectivity index (χ2v) is 7.33. The van der Waals surface area contributed by atoms with Gasteiger partial charge in [-0.25, -0.2) is 4.79 Å². The largest absolute Gasteiger partial charge is 0.322 e. The van der Waals surface area contributed by atoms with Crippen LogP contribution in [0.25, 0.3) is 0 Å². The molecule has 3 aliphatic rings. The van der Waals surface area contributed by atoms with E-state index in [1.807, 2.05) is 12.1 Å². The number of anilines is 1. The number of urea groups is 1. The molecule has 1 N–H and O–H groups in total. The van der Waals surface area contributed by atoms with Crippen molar-refractivity contribution in [2.24, 2.45) is 17.8 Å². The minimum Gasteiger partial charge on any atom is -0.322 e. The van der Waals surface area contributed by atoms with Crippen molar-refractivity contribution >= 4 is 11.7 Å². The summed E-state index contributed by atoms with van der Waals surface area (Å²) in [5, 5.41) is 3.02. The lowest BCUT2D eigenvalue weighted by Crippen LogP contribution is -2.40. The molecule has 0 radical (unpaired) electrons. The second-order valence-electron chi connectivity index (χ2n) is 7.33. The molecular weight excluding hydrogens is 274 g/mol. The monoisotopic (exact) mass is 299 g/mol. The molecule has 1 aromatic heterocycles. The van der Waals surface area contributed by atoms with Crippen LogP contribution in [0.2, 0.25) is 0 Å². The topological polar surface area (TPSA) is 45.2 Å². The smallest absolute Gasteiger partial charge is 0.322 e. The summed E-state index contributed by atoms with van der Waals surface area (Å²) in [5.74, 6) is 2.82. The Hall–Kier alpha value is -1.58. The fraction of sp³-hybridized carbons (Fsp3) is 0.667. The number of rotatable bonds is 3. The lowest BCUT2D eigenvalue weighted by atomic mass is 9.84. The highest BCUT2D eigenvalue weighted by atomic mass is 16.2. The van der Waals surface area contributed by atoms with Crippen LogP contribution in [0.5, 0.6) is 0 Å². The average Bonchev–Trinajstić information content (AvgIpc) is 3.24. The molecule has 2 heterocycles. The van der Waals surface area contributed by atoms with Crippen molar-refractivity contribution in [1.82, 2.24) is 9.88 Å². The van der Waals surface area contributed by atoms with Crippen LogP contribution in [0, 0.1) is 17.8 Å². The van der Waals surface area contributed by atoms with Gasteiger partial charge in [0.2, 0.25) is 0 Å². The van der Waals surface area contributed by atoms with Gasteiger partial charge in [-0.2, -0.15) is 0 Å². The van der Waals surface area contributed by atoms with E-state index in [0.29, 0.717) is 6.04 Å². The lowest BCUT2D eigenvalue weighted by molar-refractivity contribution is 0.186. The zero-order valence-corrected chi connectivity index (χ0v) is 13.1. The molecule has 1 saturated heterocycles. The number of fused-ring (bicyclic) bond motifs is 2. The first-order chi connectivity index (χ1) is 10.8. The molecule has 4 nitrogen and oxygen atoms in total. The zero-order valence-electron chi connectivity index (χ0n) is 13.1. The van der Waals surface area contributed by atoms with Crippen LogP contribution in [0.15, 0.2) is 24.5 Å². The summed E-state index contributed by atoms with van der Waals surface area (Å²) >= 11 is 0. The Bertz CT molecular complexity index is 532. The average molecular weight is 299 g/mol. The van der Waals surface area contributed by atoms with Crippen LogP contribution in [0.4, 0.5) is 10.5 Å². The molecule has 4 atom stereocenters. The molecule has 2 aliphatic carbocycles. The third-order valence-corrected chi connectivity index (χ3v) is 6.03. The maximum absolute atomic E-state index is 12.6. The zero-order chi connectivity index (χ0) is 14.9. The molecule has 0 spiro atoms. The normalized spacial score (nSPS) is 33.4. The Kier molecular flexibility index (Phi) is 3.77. The molecular formula is C18H25N3O. The first-order valence-corrected chi connectivity index (χ1v) is 8.77. The highest BCUT2D eigenvalue weighted by Gasteiger charge is 2.42. The van der Waals surface area contributed by atoms with Gasteiger partial charge < -0.3 is 10.2 Å². The first kappa shape index (κ1) is 14.0. The molecule has 2 amide bonds. The van der Waals surface area contributed by atoms with Crippen molar-refractivity contribution in [3.05, 3.63) is 24.5 Å². The molecule has 4 unspecified atom stereocenters. The van der Waals surface area contributed by atoms with E-state index in [-0.39, 0.29) is 6.03 Å². The molecule has 2 saturated carbocycles. The van der Waals surface area contributed by atoms with E-state index in [1.54, 1.807) is 12.4 Å². The molecule has 4 rings (SSSR count). The molecule has 1 aliphatic heterocycles. The molecule has 2 bridgehead atoms. The van der Waals surface area contributed by atoms with Crippen LogP contribution in [-0.4, -0.2) is 28.5 Å². The highest BCUT2D eigenvalue weighted by Crippen LogP contribution is 2.50. The summed E-state index contributed by atoms with van der Waals surface area (Å²) in [5.41, 5.74) is 0.838. The number of carbonyl (C=O) groups is 1. The molecule has 1 aromatic rings. The minimum atomic E-state index is 0.0665. The fourth-order valence-corrected chi connectivity index (χ4v) is 4.99. The third-order valence-electron chi connectivity index (χ3n) is 6.03. The number of pyridine rings is 1. The number of likely N-dealkylation sites (tertiary alicyclic amines) is 1. The highest BCUT2D eigenvalue weighted by molar-refractivity contribution is 5.89. The van der Waals surface area contributed by atoms with Gasteiger partial charge in [-0.3, -0.25) is 4.98 Å². The van der Waals surface area contributed by atoms with Gasteiger partial charge in [0, 0.05) is 30.7 Å². The summed E-state index contributed by atoms with van der Waals surface area (Å²) < 4.78 is 0. The van der Waals surface area contributed by atoms with Crippen molar-refractivity contribution in [1.29, 1.82) is 0 Å². The molecule has 0 aromatic carbocycles. The maximum atomic E-state index is 12.6. The van der Waals surface area contributed by atoms with Gasteiger partial charge in [0.05, 0.1) is 0 Å². The van der Waals surface area contributed by atoms with Crippen LogP contribution < -0.4 is 5.32 Å². The van der Waals surface area contributed by atoms with Gasteiger partial charge in [0.25, 0.3) is 0 Å². The van der Waals surface area contributed by atoms with Gasteiger partial charge in [0.1, 0.15) is 0 Å². The minimum absolute atomic E-state index is 0.0665. The SMILES string of the molecule is O=C(Nc1ccncc1)N1CCCC1CC1CC2CCC1C2. The third kappa shape index (κ3) is 2.71. The number of carbonyl (C=O) groups excluding carboxylic acids is 1. The summed E-state index contributed by atoms with van der Waals surface area (Å²) in [6, 6.07) is 4.21. The van der Waals surface area contributed by atoms with Gasteiger partial charge in [0.15, 0.2) is 0 Å². The number of hydrogen-bond donors (Lipinski definition) is 1. The standard InChI is InChI=1S/C18H25N3O/c22-18(20-16-5-7-19-8-6-16)21-9-1-2-17(21)12-15-11-13-3-4-14(15)10-13/h5-8,13-15,17H,1-4,9-12H2,(H,19,20,22). The molecule has 118 valence electrons. The predicted octanol–water partition coefficient (Wildman–Crippen LogP) is 3.90. The van der Waals surface area contributed by atoms with E-state index in [9.17, 15) is 4.79 Å². The number of aromatic nitrogens is 1. The van der Waals surface area contributed by atoms with E-state index in [2.05, 4.69) is 15.2 Å². The summed E-state index contributed by atoms with van der Waals surface area (Å²) in [6.45, 7) is 0.905. The van der Waals surface area contributed by atoms with Crippen LogP contribution in [0.3, 0.4) is 0 Å². The Morgan fingerprint density at radius 3 is 2.82 bits per heavy atom. The Labute approximate surface area is 132 Å². The van der Waals surface area contributed by atoms with Crippen LogP contribution in [0.1, 0.15) is 44.9 Å². The Morgan fingerprint density at radius 1 is 1.23 bits per heavy atom. The molecule has 22 heavy (non-hydrogen) atoms. The summed E-state index contributed by atoms with van der Waals surface area (Å²) in [6.07, 6.45) is 12.8. The maximum Gasteiger partial charge on any atom is 0.322 e. The van der Waals surface area contributed by atoms with Crippen LogP contribution in [-0.2, 0) is 0 Å². The number of amides is 2. The van der Waals surface area contributed by atoms with Crippen molar-refractivity contribution < 1.29 is 4.79 Å². The van der Waals surface area contributed by atoms with Crippen molar-refractivity contribution in [2.45, 2.75) is 51.0 Å². The quantitative estimate of drug-likeness (QED) is 0.920. The van der Waals surface area contributed by atoms with E-state index < -0.39 is 0 Å². The van der Waals surface area contributed by atoms with E-state index in [1.165, 1.54) is 38.5 Å². The van der Waals surface area contributed by atoms with E-state index in [0.717, 1.165) is 36.4 Å². The number of nitrogens with one attached hydrogen (secondary N) is 1. The van der Waals surface area contributed by atoms with Crippen molar-refractivity contribution in [3.8, 4) is 0 Å². The number of hydrogen-bond acceptors (Lipinski definition) is 2. The lowest BCUT2D eigenvalue weighted by Gasteiger charge is -2.30.